The Hall–Kier alpha value is -5.09. The van der Waals surface area contributed by atoms with Crippen molar-refractivity contribution < 1.29 is 0 Å². The molecular weight excluding hydrogens is 488 g/mol. The molecular formula is C36H28N4. The molecule has 2 heterocycles. The second-order valence-corrected chi connectivity index (χ2v) is 10.6. The number of hydrogen-bond acceptors (Lipinski definition) is 3. The first-order valence-corrected chi connectivity index (χ1v) is 13.5. The summed E-state index contributed by atoms with van der Waals surface area (Å²) in [5.74, 6) is 1.73. The van der Waals surface area contributed by atoms with Crippen LogP contribution in [0.3, 0.4) is 0 Å². The van der Waals surface area contributed by atoms with Crippen molar-refractivity contribution in [3.05, 3.63) is 139 Å². The third kappa shape index (κ3) is 3.50. The van der Waals surface area contributed by atoms with Crippen LogP contribution in [0.25, 0.3) is 55.8 Å². The fraction of sp³-hybridized carbons (Fsp3) is 0.0833. The number of fused-ring (bicyclic) bond motifs is 6. The SMILES string of the molecule is C=C/C=C(\C=C)c1nc(-c2ccccc2)nc(-n2c3ccccc3c3cc4c(cc32)C(C)(C)c2ccccc2-4)n1. The number of hydrogen-bond donors (Lipinski definition) is 0. The molecule has 4 aromatic carbocycles. The largest absolute Gasteiger partial charge is 0.278 e. The van der Waals surface area contributed by atoms with E-state index >= 15 is 0 Å². The molecule has 2 aromatic heterocycles. The van der Waals surface area contributed by atoms with Crippen molar-refractivity contribution in [2.24, 2.45) is 0 Å². The molecule has 0 N–H and O–H groups in total. The van der Waals surface area contributed by atoms with Gasteiger partial charge in [-0.1, -0.05) is 118 Å². The third-order valence-electron chi connectivity index (χ3n) is 8.01. The lowest BCUT2D eigenvalue weighted by Crippen LogP contribution is -2.15. The molecule has 0 saturated carbocycles. The maximum atomic E-state index is 5.05. The molecule has 40 heavy (non-hydrogen) atoms. The number of para-hydroxylation sites is 1. The lowest BCUT2D eigenvalue weighted by atomic mass is 9.82. The summed E-state index contributed by atoms with van der Waals surface area (Å²) >= 11 is 0. The second kappa shape index (κ2) is 8.99. The Bertz CT molecular complexity index is 2010. The Morgan fingerprint density at radius 3 is 2.27 bits per heavy atom. The zero-order valence-electron chi connectivity index (χ0n) is 22.6. The van der Waals surface area contributed by atoms with Gasteiger partial charge in [0, 0.05) is 27.3 Å². The van der Waals surface area contributed by atoms with Crippen LogP contribution in [0, 0.1) is 0 Å². The van der Waals surface area contributed by atoms with E-state index in [9.17, 15) is 0 Å². The highest BCUT2D eigenvalue weighted by Gasteiger charge is 2.36. The average Bonchev–Trinajstić information content (AvgIpc) is 3.44. The van der Waals surface area contributed by atoms with Crippen molar-refractivity contribution in [1.82, 2.24) is 19.5 Å². The molecule has 0 spiro atoms. The quantitative estimate of drug-likeness (QED) is 0.215. The van der Waals surface area contributed by atoms with Gasteiger partial charge < -0.3 is 0 Å². The number of allylic oxidation sites excluding steroid dienone is 4. The van der Waals surface area contributed by atoms with Gasteiger partial charge in [-0.2, -0.15) is 9.97 Å². The van der Waals surface area contributed by atoms with Crippen LogP contribution >= 0.6 is 0 Å². The summed E-state index contributed by atoms with van der Waals surface area (Å²) < 4.78 is 2.18. The smallest absolute Gasteiger partial charge is 0.238 e. The maximum Gasteiger partial charge on any atom is 0.238 e. The lowest BCUT2D eigenvalue weighted by molar-refractivity contribution is 0.661. The van der Waals surface area contributed by atoms with E-state index in [1.54, 1.807) is 12.2 Å². The first-order valence-electron chi connectivity index (χ1n) is 13.5. The van der Waals surface area contributed by atoms with Gasteiger partial charge in [-0.25, -0.2) is 4.98 Å². The van der Waals surface area contributed by atoms with Crippen LogP contribution < -0.4 is 0 Å². The number of aromatic nitrogens is 4. The van der Waals surface area contributed by atoms with Gasteiger partial charge in [0.25, 0.3) is 0 Å². The molecule has 0 aliphatic heterocycles. The molecule has 1 aliphatic rings. The number of nitrogens with zero attached hydrogens (tertiary/aromatic N) is 4. The summed E-state index contributed by atoms with van der Waals surface area (Å²) in [7, 11) is 0. The predicted octanol–water partition coefficient (Wildman–Crippen LogP) is 8.70. The van der Waals surface area contributed by atoms with Crippen LogP contribution in [-0.4, -0.2) is 19.5 Å². The Morgan fingerprint density at radius 1 is 0.725 bits per heavy atom. The zero-order valence-corrected chi connectivity index (χ0v) is 22.6. The van der Waals surface area contributed by atoms with E-state index < -0.39 is 0 Å². The second-order valence-electron chi connectivity index (χ2n) is 10.6. The monoisotopic (exact) mass is 516 g/mol. The number of benzene rings is 4. The molecule has 0 fully saturated rings. The first kappa shape index (κ1) is 24.0. The van der Waals surface area contributed by atoms with Crippen molar-refractivity contribution in [3.63, 3.8) is 0 Å². The van der Waals surface area contributed by atoms with E-state index in [1.165, 1.54) is 27.6 Å². The van der Waals surface area contributed by atoms with Crippen LogP contribution in [0.15, 0.2) is 122 Å². The molecule has 0 radical (unpaired) electrons. The van der Waals surface area contributed by atoms with Gasteiger partial charge >= 0.3 is 0 Å². The maximum absolute atomic E-state index is 5.05. The summed E-state index contributed by atoms with van der Waals surface area (Å²) in [6, 6.07) is 31.9. The highest BCUT2D eigenvalue weighted by Crippen LogP contribution is 2.50. The molecule has 0 saturated heterocycles. The molecule has 4 heteroatoms. The van der Waals surface area contributed by atoms with Crippen molar-refractivity contribution in [2.75, 3.05) is 0 Å². The van der Waals surface area contributed by atoms with Gasteiger partial charge in [-0.15, -0.1) is 0 Å². The molecule has 0 unspecified atom stereocenters. The minimum Gasteiger partial charge on any atom is -0.278 e. The summed E-state index contributed by atoms with van der Waals surface area (Å²) in [6.45, 7) is 12.5. The fourth-order valence-electron chi connectivity index (χ4n) is 6.05. The van der Waals surface area contributed by atoms with Crippen LogP contribution in [0.5, 0.6) is 0 Å². The normalized spacial score (nSPS) is 13.8. The van der Waals surface area contributed by atoms with Crippen molar-refractivity contribution in [2.45, 2.75) is 19.3 Å². The molecule has 0 bridgehead atoms. The highest BCUT2D eigenvalue weighted by molar-refractivity contribution is 6.11. The lowest BCUT2D eigenvalue weighted by Gasteiger charge is -2.21. The minimum absolute atomic E-state index is 0.121. The van der Waals surface area contributed by atoms with Crippen molar-refractivity contribution in [3.8, 4) is 28.5 Å². The summed E-state index contributed by atoms with van der Waals surface area (Å²) in [5.41, 5.74) is 8.97. The molecule has 0 amide bonds. The topological polar surface area (TPSA) is 43.6 Å². The van der Waals surface area contributed by atoms with Crippen LogP contribution in [0.2, 0.25) is 0 Å². The summed E-state index contributed by atoms with van der Waals surface area (Å²) in [6.07, 6.45) is 5.36. The zero-order chi connectivity index (χ0) is 27.4. The van der Waals surface area contributed by atoms with Gasteiger partial charge in [0.2, 0.25) is 5.95 Å². The van der Waals surface area contributed by atoms with Crippen LogP contribution in [0.4, 0.5) is 0 Å². The van der Waals surface area contributed by atoms with E-state index in [0.29, 0.717) is 17.6 Å². The first-order chi connectivity index (χ1) is 19.5. The molecule has 0 atom stereocenters. The molecule has 1 aliphatic carbocycles. The van der Waals surface area contributed by atoms with E-state index in [-0.39, 0.29) is 5.41 Å². The van der Waals surface area contributed by atoms with Gasteiger partial charge in [0.15, 0.2) is 11.6 Å². The molecule has 4 nitrogen and oxygen atoms in total. The Labute approximate surface area is 233 Å². The van der Waals surface area contributed by atoms with E-state index in [2.05, 4.69) is 92.2 Å². The van der Waals surface area contributed by atoms with Gasteiger partial charge in [-0.3, -0.25) is 4.57 Å². The van der Waals surface area contributed by atoms with Gasteiger partial charge in [0.05, 0.1) is 11.0 Å². The molecule has 6 aromatic rings. The Balaban J connectivity index is 1.58. The Morgan fingerprint density at radius 2 is 1.48 bits per heavy atom. The van der Waals surface area contributed by atoms with Crippen molar-refractivity contribution in [1.29, 1.82) is 0 Å². The van der Waals surface area contributed by atoms with Crippen LogP contribution in [0.1, 0.15) is 30.8 Å². The Kier molecular flexibility index (Phi) is 5.39. The van der Waals surface area contributed by atoms with E-state index in [4.69, 9.17) is 15.0 Å². The van der Waals surface area contributed by atoms with Gasteiger partial charge in [-0.05, 0) is 40.5 Å². The van der Waals surface area contributed by atoms with E-state index in [1.807, 2.05) is 36.4 Å². The van der Waals surface area contributed by atoms with Crippen molar-refractivity contribution >= 4 is 27.4 Å². The van der Waals surface area contributed by atoms with E-state index in [0.717, 1.165) is 27.6 Å². The fourth-order valence-corrected chi connectivity index (χ4v) is 6.05. The average molecular weight is 517 g/mol. The van der Waals surface area contributed by atoms with Gasteiger partial charge in [0.1, 0.15) is 0 Å². The molecule has 192 valence electrons. The highest BCUT2D eigenvalue weighted by atomic mass is 15.2. The standard InChI is InChI=1S/C36H28N4/c1-5-14-23(6-2)33-37-34(24-15-8-7-9-16-24)39-35(38-33)40-31-20-13-11-18-26(31)28-21-27-25-17-10-12-19-29(25)36(3,4)30(27)22-32(28)40/h5-22H,1-2H2,3-4H3/b23-14+. The summed E-state index contributed by atoms with van der Waals surface area (Å²) in [4.78, 5) is 14.9. The predicted molar refractivity (Wildman–Crippen MR) is 166 cm³/mol. The minimum atomic E-state index is -0.121. The summed E-state index contributed by atoms with van der Waals surface area (Å²) in [5, 5.41) is 2.34. The third-order valence-corrected chi connectivity index (χ3v) is 8.01. The number of rotatable bonds is 5. The molecule has 7 rings (SSSR count). The van der Waals surface area contributed by atoms with Crippen LogP contribution in [-0.2, 0) is 5.41 Å².